The number of methoxy groups -OCH3 is 1. The molecule has 4 aromatic rings. The van der Waals surface area contributed by atoms with E-state index in [-0.39, 0.29) is 19.1 Å². The lowest BCUT2D eigenvalue weighted by atomic mass is 10.3. The first-order valence-electron chi connectivity index (χ1n) is 9.16. The van der Waals surface area contributed by atoms with Gasteiger partial charge in [0.25, 0.3) is 5.91 Å². The molecule has 152 valence electrons. The van der Waals surface area contributed by atoms with Gasteiger partial charge in [-0.25, -0.2) is 4.98 Å². The number of ether oxygens (including phenoxy) is 2. The fourth-order valence-electron chi connectivity index (χ4n) is 2.85. The highest BCUT2D eigenvalue weighted by Crippen LogP contribution is 2.33. The minimum atomic E-state index is -0.237. The van der Waals surface area contributed by atoms with Crippen LogP contribution in [0, 0.1) is 0 Å². The molecule has 0 saturated heterocycles. The number of rotatable bonds is 7. The first-order valence-corrected chi connectivity index (χ1v) is 10.4. The maximum absolute atomic E-state index is 13.1. The molecule has 0 radical (unpaired) electrons. The minimum absolute atomic E-state index is 0.149. The molecule has 0 aliphatic rings. The van der Waals surface area contributed by atoms with Gasteiger partial charge in [-0.2, -0.15) is 0 Å². The molecule has 0 aliphatic heterocycles. The van der Waals surface area contributed by atoms with Crippen LogP contribution < -0.4 is 14.4 Å². The van der Waals surface area contributed by atoms with Crippen LogP contribution in [0.1, 0.15) is 5.69 Å². The Balaban J connectivity index is 1.60. The minimum Gasteiger partial charge on any atom is -0.497 e. The number of amides is 1. The molecule has 6 nitrogen and oxygen atoms in total. The van der Waals surface area contributed by atoms with Crippen molar-refractivity contribution < 1.29 is 14.3 Å². The van der Waals surface area contributed by atoms with Gasteiger partial charge in [-0.1, -0.05) is 41.1 Å². The zero-order valence-corrected chi connectivity index (χ0v) is 17.7. The molecule has 0 aliphatic carbocycles. The van der Waals surface area contributed by atoms with Crippen molar-refractivity contribution in [2.45, 2.75) is 6.54 Å². The lowest BCUT2D eigenvalue weighted by molar-refractivity contribution is -0.120. The highest BCUT2D eigenvalue weighted by Gasteiger charge is 2.22. The number of thiazole rings is 1. The van der Waals surface area contributed by atoms with E-state index in [1.54, 1.807) is 42.5 Å². The summed E-state index contributed by atoms with van der Waals surface area (Å²) in [6, 6.07) is 18.3. The van der Waals surface area contributed by atoms with E-state index in [1.807, 2.05) is 36.4 Å². The molecule has 0 bridgehead atoms. The van der Waals surface area contributed by atoms with Gasteiger partial charge in [0.05, 0.1) is 29.1 Å². The molecule has 0 atom stereocenters. The number of aromatic nitrogens is 2. The average Bonchev–Trinajstić information content (AvgIpc) is 3.22. The van der Waals surface area contributed by atoms with Gasteiger partial charge in [-0.15, -0.1) is 0 Å². The average molecular weight is 440 g/mol. The van der Waals surface area contributed by atoms with Crippen LogP contribution in [0.25, 0.3) is 10.2 Å². The second-order valence-electron chi connectivity index (χ2n) is 6.35. The topological polar surface area (TPSA) is 64.6 Å². The number of carbonyl (C=O) groups excluding carboxylic acids is 1. The van der Waals surface area contributed by atoms with Gasteiger partial charge in [0.2, 0.25) is 0 Å². The number of carbonyl (C=O) groups is 1. The molecule has 30 heavy (non-hydrogen) atoms. The van der Waals surface area contributed by atoms with Crippen LogP contribution in [0.15, 0.2) is 66.9 Å². The quantitative estimate of drug-likeness (QED) is 0.407. The van der Waals surface area contributed by atoms with Crippen molar-refractivity contribution in [3.05, 3.63) is 77.6 Å². The maximum Gasteiger partial charge on any atom is 0.267 e. The van der Waals surface area contributed by atoms with Gasteiger partial charge in [0.1, 0.15) is 17.0 Å². The molecule has 4 rings (SSSR count). The summed E-state index contributed by atoms with van der Waals surface area (Å²) in [7, 11) is 1.58. The maximum atomic E-state index is 13.1. The summed E-state index contributed by atoms with van der Waals surface area (Å²) >= 11 is 7.68. The second-order valence-corrected chi connectivity index (χ2v) is 7.77. The number of fused-ring (bicyclic) bond motifs is 1. The molecule has 2 aromatic carbocycles. The third kappa shape index (κ3) is 4.53. The lowest BCUT2D eigenvalue weighted by Crippen LogP contribution is -2.34. The monoisotopic (exact) mass is 439 g/mol. The Morgan fingerprint density at radius 3 is 2.70 bits per heavy atom. The summed E-state index contributed by atoms with van der Waals surface area (Å²) in [4.78, 5) is 23.6. The zero-order chi connectivity index (χ0) is 20.9. The van der Waals surface area contributed by atoms with Gasteiger partial charge >= 0.3 is 0 Å². The van der Waals surface area contributed by atoms with E-state index < -0.39 is 0 Å². The van der Waals surface area contributed by atoms with Crippen LogP contribution in [0.3, 0.4) is 0 Å². The van der Waals surface area contributed by atoms with E-state index in [0.29, 0.717) is 27.2 Å². The summed E-state index contributed by atoms with van der Waals surface area (Å²) in [5.41, 5.74) is 1.42. The van der Waals surface area contributed by atoms with Crippen molar-refractivity contribution in [2.24, 2.45) is 0 Å². The van der Waals surface area contributed by atoms with Gasteiger partial charge in [-0.3, -0.25) is 14.7 Å². The molecule has 0 saturated carbocycles. The smallest absolute Gasteiger partial charge is 0.267 e. The summed E-state index contributed by atoms with van der Waals surface area (Å²) in [6.07, 6.45) is 1.69. The number of hydrogen-bond acceptors (Lipinski definition) is 6. The Morgan fingerprint density at radius 1 is 1.10 bits per heavy atom. The van der Waals surface area contributed by atoms with Gasteiger partial charge in [0, 0.05) is 12.3 Å². The van der Waals surface area contributed by atoms with Crippen molar-refractivity contribution in [1.82, 2.24) is 9.97 Å². The molecule has 2 heterocycles. The van der Waals surface area contributed by atoms with Crippen LogP contribution in [-0.2, 0) is 11.3 Å². The van der Waals surface area contributed by atoms with E-state index in [4.69, 9.17) is 21.1 Å². The summed E-state index contributed by atoms with van der Waals surface area (Å²) in [5.74, 6) is 0.970. The second kappa shape index (κ2) is 9.11. The van der Waals surface area contributed by atoms with Crippen molar-refractivity contribution >= 4 is 44.2 Å². The van der Waals surface area contributed by atoms with Gasteiger partial charge < -0.3 is 9.47 Å². The summed E-state index contributed by atoms with van der Waals surface area (Å²) in [5, 5.41) is 1.09. The highest BCUT2D eigenvalue weighted by molar-refractivity contribution is 7.22. The van der Waals surface area contributed by atoms with E-state index in [1.165, 1.54) is 11.3 Å². The van der Waals surface area contributed by atoms with E-state index in [2.05, 4.69) is 9.97 Å². The lowest BCUT2D eigenvalue weighted by Gasteiger charge is -2.19. The Bertz CT molecular complexity index is 1170. The van der Waals surface area contributed by atoms with Crippen molar-refractivity contribution in [2.75, 3.05) is 18.6 Å². The normalized spacial score (nSPS) is 10.7. The van der Waals surface area contributed by atoms with E-state index in [0.717, 1.165) is 10.4 Å². The number of benzene rings is 2. The molecule has 1 amide bonds. The van der Waals surface area contributed by atoms with Crippen LogP contribution in [0.4, 0.5) is 5.13 Å². The largest absolute Gasteiger partial charge is 0.497 e. The van der Waals surface area contributed by atoms with Crippen molar-refractivity contribution in [1.29, 1.82) is 0 Å². The first kappa shape index (κ1) is 20.1. The van der Waals surface area contributed by atoms with E-state index in [9.17, 15) is 4.79 Å². The molecule has 2 aromatic heterocycles. The summed E-state index contributed by atoms with van der Waals surface area (Å²) < 4.78 is 11.8. The first-order chi connectivity index (χ1) is 14.6. The fourth-order valence-corrected chi connectivity index (χ4v) is 4.13. The Kier molecular flexibility index (Phi) is 6.11. The standard InChI is InChI=1S/C22H18ClN3O3S/c1-28-16-7-4-8-17(12-16)29-14-20(27)26(13-15-6-2-3-11-24-15)22-25-21-18(23)9-5-10-19(21)30-22/h2-12H,13-14H2,1H3. The van der Waals surface area contributed by atoms with Gasteiger partial charge in [-0.05, 0) is 36.4 Å². The van der Waals surface area contributed by atoms with Crippen LogP contribution >= 0.6 is 22.9 Å². The Hall–Kier alpha value is -3.16. The Labute approximate surface area is 182 Å². The molecule has 0 fully saturated rings. The predicted molar refractivity (Wildman–Crippen MR) is 119 cm³/mol. The fraction of sp³-hybridized carbons (Fsp3) is 0.136. The van der Waals surface area contributed by atoms with Crippen molar-refractivity contribution in [3.8, 4) is 11.5 Å². The molecular formula is C22H18ClN3O3S. The van der Waals surface area contributed by atoms with E-state index >= 15 is 0 Å². The van der Waals surface area contributed by atoms with Crippen LogP contribution in [0.5, 0.6) is 11.5 Å². The molecule has 0 unspecified atom stereocenters. The number of para-hydroxylation sites is 1. The zero-order valence-electron chi connectivity index (χ0n) is 16.1. The molecule has 0 N–H and O–H groups in total. The molecule has 0 spiro atoms. The Morgan fingerprint density at radius 2 is 1.93 bits per heavy atom. The number of halogens is 1. The predicted octanol–water partition coefficient (Wildman–Crippen LogP) is 4.97. The SMILES string of the molecule is COc1cccc(OCC(=O)N(Cc2ccccn2)c2nc3c(Cl)cccc3s2)c1. The number of anilines is 1. The van der Waals surface area contributed by atoms with Crippen LogP contribution in [0.2, 0.25) is 5.02 Å². The molecular weight excluding hydrogens is 422 g/mol. The third-order valence-corrected chi connectivity index (χ3v) is 5.69. The number of nitrogens with zero attached hydrogens (tertiary/aromatic N) is 3. The third-order valence-electron chi connectivity index (χ3n) is 4.34. The van der Waals surface area contributed by atoms with Crippen molar-refractivity contribution in [3.63, 3.8) is 0 Å². The van der Waals surface area contributed by atoms with Crippen LogP contribution in [-0.4, -0.2) is 29.6 Å². The van der Waals surface area contributed by atoms with Gasteiger partial charge in [0.15, 0.2) is 11.7 Å². The number of pyridine rings is 1. The molecule has 8 heteroatoms. The highest BCUT2D eigenvalue weighted by atomic mass is 35.5. The summed E-state index contributed by atoms with van der Waals surface area (Å²) in [6.45, 7) is 0.127. The number of hydrogen-bond donors (Lipinski definition) is 0.